The third-order valence-electron chi connectivity index (χ3n) is 1.80. The van der Waals surface area contributed by atoms with E-state index >= 15 is 0 Å². The van der Waals surface area contributed by atoms with Crippen molar-refractivity contribution in [1.82, 2.24) is 4.98 Å². The summed E-state index contributed by atoms with van der Waals surface area (Å²) in [5, 5.41) is 0. The summed E-state index contributed by atoms with van der Waals surface area (Å²) < 4.78 is 13.3. The number of rotatable bonds is 3. The minimum Gasteiger partial charge on any atom is -0.258 e. The van der Waals surface area contributed by atoms with Gasteiger partial charge in [-0.05, 0) is 31.0 Å². The topological polar surface area (TPSA) is 12.9 Å². The fraction of sp³-hybridized carbons (Fsp3) is 0.500. The van der Waals surface area contributed by atoms with Crippen molar-refractivity contribution in [2.24, 2.45) is 0 Å². The SMILES string of the molecule is CCCC(F)c1cc(C)ccn1. The first-order valence-electron chi connectivity index (χ1n) is 4.30. The van der Waals surface area contributed by atoms with Crippen LogP contribution in [-0.2, 0) is 0 Å². The highest BCUT2D eigenvalue weighted by Crippen LogP contribution is 2.20. The zero-order chi connectivity index (χ0) is 8.97. The largest absolute Gasteiger partial charge is 0.258 e. The summed E-state index contributed by atoms with van der Waals surface area (Å²) in [6.07, 6.45) is 2.19. The highest BCUT2D eigenvalue weighted by molar-refractivity contribution is 5.16. The van der Waals surface area contributed by atoms with Crippen LogP contribution in [0.1, 0.15) is 37.2 Å². The second-order valence-corrected chi connectivity index (χ2v) is 3.01. The maximum atomic E-state index is 13.3. The van der Waals surface area contributed by atoms with Gasteiger partial charge in [-0.2, -0.15) is 0 Å². The van der Waals surface area contributed by atoms with Crippen LogP contribution in [0, 0.1) is 6.92 Å². The van der Waals surface area contributed by atoms with Gasteiger partial charge in [-0.25, -0.2) is 4.39 Å². The van der Waals surface area contributed by atoms with Crippen LogP contribution in [0.25, 0.3) is 0 Å². The van der Waals surface area contributed by atoms with Crippen molar-refractivity contribution in [3.05, 3.63) is 29.6 Å². The van der Waals surface area contributed by atoms with Crippen molar-refractivity contribution in [3.8, 4) is 0 Å². The molecular weight excluding hydrogens is 153 g/mol. The Labute approximate surface area is 72.6 Å². The molecule has 0 bridgehead atoms. The molecule has 0 spiro atoms. The van der Waals surface area contributed by atoms with Crippen molar-refractivity contribution in [1.29, 1.82) is 0 Å². The molecule has 0 saturated heterocycles. The second-order valence-electron chi connectivity index (χ2n) is 3.01. The first kappa shape index (κ1) is 9.17. The molecule has 1 aromatic heterocycles. The maximum absolute atomic E-state index is 13.3. The maximum Gasteiger partial charge on any atom is 0.142 e. The van der Waals surface area contributed by atoms with E-state index in [1.54, 1.807) is 12.3 Å². The van der Waals surface area contributed by atoms with E-state index in [0.29, 0.717) is 12.1 Å². The molecule has 1 atom stereocenters. The van der Waals surface area contributed by atoms with E-state index in [2.05, 4.69) is 4.98 Å². The molecule has 0 aliphatic carbocycles. The minimum absolute atomic E-state index is 0.566. The van der Waals surface area contributed by atoms with E-state index < -0.39 is 6.17 Å². The molecule has 0 radical (unpaired) electrons. The van der Waals surface area contributed by atoms with Crippen molar-refractivity contribution >= 4 is 0 Å². The van der Waals surface area contributed by atoms with Crippen LogP contribution in [-0.4, -0.2) is 4.98 Å². The number of alkyl halides is 1. The number of hydrogen-bond donors (Lipinski definition) is 0. The van der Waals surface area contributed by atoms with Gasteiger partial charge in [-0.1, -0.05) is 13.3 Å². The average Bonchev–Trinajstić information content (AvgIpc) is 2.05. The molecule has 0 aliphatic rings. The molecule has 0 saturated carbocycles. The van der Waals surface area contributed by atoms with Crippen LogP contribution in [0.5, 0.6) is 0 Å². The Morgan fingerprint density at radius 3 is 2.92 bits per heavy atom. The standard InChI is InChI=1S/C10H14FN/c1-3-4-9(11)10-7-8(2)5-6-12-10/h5-7,9H,3-4H2,1-2H3. The van der Waals surface area contributed by atoms with Crippen molar-refractivity contribution in [2.75, 3.05) is 0 Å². The molecule has 0 aromatic carbocycles. The number of aromatic nitrogens is 1. The molecule has 1 aromatic rings. The van der Waals surface area contributed by atoms with Gasteiger partial charge in [-0.3, -0.25) is 4.98 Å². The van der Waals surface area contributed by atoms with Crippen LogP contribution < -0.4 is 0 Å². The summed E-state index contributed by atoms with van der Waals surface area (Å²) >= 11 is 0. The molecule has 0 amide bonds. The fourth-order valence-electron chi connectivity index (χ4n) is 1.13. The number of pyridine rings is 1. The van der Waals surface area contributed by atoms with Gasteiger partial charge in [0.15, 0.2) is 0 Å². The average molecular weight is 167 g/mol. The van der Waals surface area contributed by atoms with E-state index in [0.717, 1.165) is 12.0 Å². The molecular formula is C10H14FN. The lowest BCUT2D eigenvalue weighted by molar-refractivity contribution is 0.313. The number of halogens is 1. The number of hydrogen-bond acceptors (Lipinski definition) is 1. The molecule has 66 valence electrons. The molecule has 12 heavy (non-hydrogen) atoms. The second kappa shape index (κ2) is 4.19. The Morgan fingerprint density at radius 1 is 1.58 bits per heavy atom. The van der Waals surface area contributed by atoms with Crippen LogP contribution >= 0.6 is 0 Å². The van der Waals surface area contributed by atoms with Crippen LogP contribution in [0.2, 0.25) is 0 Å². The number of aryl methyl sites for hydroxylation is 1. The monoisotopic (exact) mass is 167 g/mol. The van der Waals surface area contributed by atoms with Gasteiger partial charge in [-0.15, -0.1) is 0 Å². The summed E-state index contributed by atoms with van der Waals surface area (Å²) in [5.41, 5.74) is 1.63. The lowest BCUT2D eigenvalue weighted by Crippen LogP contribution is -1.94. The van der Waals surface area contributed by atoms with Gasteiger partial charge in [0.05, 0.1) is 5.69 Å². The van der Waals surface area contributed by atoms with Crippen molar-refractivity contribution in [2.45, 2.75) is 32.9 Å². The van der Waals surface area contributed by atoms with E-state index in [4.69, 9.17) is 0 Å². The Bertz CT molecular complexity index is 247. The predicted octanol–water partition coefficient (Wildman–Crippen LogP) is 3.20. The molecule has 1 unspecified atom stereocenters. The lowest BCUT2D eigenvalue weighted by atomic mass is 10.1. The van der Waals surface area contributed by atoms with Crippen molar-refractivity contribution in [3.63, 3.8) is 0 Å². The first-order valence-corrected chi connectivity index (χ1v) is 4.30. The zero-order valence-electron chi connectivity index (χ0n) is 7.55. The Kier molecular flexibility index (Phi) is 3.20. The summed E-state index contributed by atoms with van der Waals surface area (Å²) in [4.78, 5) is 3.98. The number of nitrogens with zero attached hydrogens (tertiary/aromatic N) is 1. The van der Waals surface area contributed by atoms with E-state index in [9.17, 15) is 4.39 Å². The van der Waals surface area contributed by atoms with Crippen LogP contribution in [0.15, 0.2) is 18.3 Å². The summed E-state index contributed by atoms with van der Waals surface area (Å²) in [6.45, 7) is 3.92. The van der Waals surface area contributed by atoms with Gasteiger partial charge >= 0.3 is 0 Å². The quantitative estimate of drug-likeness (QED) is 0.673. The molecule has 0 aliphatic heterocycles. The lowest BCUT2D eigenvalue weighted by Gasteiger charge is -2.05. The van der Waals surface area contributed by atoms with E-state index in [1.165, 1.54) is 0 Å². The Hall–Kier alpha value is -0.920. The Morgan fingerprint density at radius 2 is 2.33 bits per heavy atom. The fourth-order valence-corrected chi connectivity index (χ4v) is 1.13. The van der Waals surface area contributed by atoms with Crippen LogP contribution in [0.4, 0.5) is 4.39 Å². The van der Waals surface area contributed by atoms with E-state index in [-0.39, 0.29) is 0 Å². The van der Waals surface area contributed by atoms with Gasteiger partial charge in [0, 0.05) is 6.20 Å². The van der Waals surface area contributed by atoms with Crippen LogP contribution in [0.3, 0.4) is 0 Å². The van der Waals surface area contributed by atoms with Gasteiger partial charge in [0.1, 0.15) is 6.17 Å². The highest BCUT2D eigenvalue weighted by Gasteiger charge is 2.08. The zero-order valence-corrected chi connectivity index (χ0v) is 7.55. The Balaban J connectivity index is 2.73. The van der Waals surface area contributed by atoms with Gasteiger partial charge < -0.3 is 0 Å². The smallest absolute Gasteiger partial charge is 0.142 e. The predicted molar refractivity (Wildman–Crippen MR) is 47.7 cm³/mol. The molecule has 1 nitrogen and oxygen atoms in total. The molecule has 0 fully saturated rings. The summed E-state index contributed by atoms with van der Waals surface area (Å²) in [6, 6.07) is 3.68. The molecule has 1 heterocycles. The summed E-state index contributed by atoms with van der Waals surface area (Å²) in [7, 11) is 0. The van der Waals surface area contributed by atoms with Gasteiger partial charge in [0.2, 0.25) is 0 Å². The molecule has 2 heteroatoms. The minimum atomic E-state index is -0.894. The molecule has 1 rings (SSSR count). The first-order chi connectivity index (χ1) is 5.74. The highest BCUT2D eigenvalue weighted by atomic mass is 19.1. The molecule has 0 N–H and O–H groups in total. The summed E-state index contributed by atoms with van der Waals surface area (Å²) in [5.74, 6) is 0. The third-order valence-corrected chi connectivity index (χ3v) is 1.80. The normalized spacial score (nSPS) is 12.9. The van der Waals surface area contributed by atoms with Gasteiger partial charge in [0.25, 0.3) is 0 Å². The third kappa shape index (κ3) is 2.29. The van der Waals surface area contributed by atoms with Crippen molar-refractivity contribution < 1.29 is 4.39 Å². The van der Waals surface area contributed by atoms with E-state index in [1.807, 2.05) is 19.9 Å².